The SMILES string of the molecule is CC1(C)CNCCN1C(=O)N1CCCCC1. The predicted molar refractivity (Wildman–Crippen MR) is 64.5 cm³/mol. The summed E-state index contributed by atoms with van der Waals surface area (Å²) in [4.78, 5) is 16.5. The molecule has 1 N–H and O–H groups in total. The van der Waals surface area contributed by atoms with Gasteiger partial charge < -0.3 is 15.1 Å². The molecule has 0 spiro atoms. The lowest BCUT2D eigenvalue weighted by Gasteiger charge is -2.45. The lowest BCUT2D eigenvalue weighted by atomic mass is 10.0. The number of carbonyl (C=O) groups is 1. The Kier molecular flexibility index (Phi) is 3.38. The van der Waals surface area contributed by atoms with Crippen molar-refractivity contribution < 1.29 is 4.79 Å². The van der Waals surface area contributed by atoms with Crippen molar-refractivity contribution >= 4 is 6.03 Å². The Morgan fingerprint density at radius 2 is 1.81 bits per heavy atom. The van der Waals surface area contributed by atoms with E-state index >= 15 is 0 Å². The summed E-state index contributed by atoms with van der Waals surface area (Å²) >= 11 is 0. The molecule has 16 heavy (non-hydrogen) atoms. The summed E-state index contributed by atoms with van der Waals surface area (Å²) in [5.41, 5.74) is -0.0488. The van der Waals surface area contributed by atoms with Crippen LogP contribution in [-0.4, -0.2) is 54.1 Å². The maximum Gasteiger partial charge on any atom is 0.320 e. The van der Waals surface area contributed by atoms with Gasteiger partial charge in [0, 0.05) is 32.7 Å². The minimum absolute atomic E-state index is 0.0488. The molecular weight excluding hydrogens is 202 g/mol. The monoisotopic (exact) mass is 225 g/mol. The van der Waals surface area contributed by atoms with Crippen LogP contribution in [0.3, 0.4) is 0 Å². The number of piperazine rings is 1. The number of carbonyl (C=O) groups excluding carboxylic acids is 1. The minimum atomic E-state index is -0.0488. The van der Waals surface area contributed by atoms with Gasteiger partial charge in [-0.05, 0) is 33.1 Å². The van der Waals surface area contributed by atoms with Crippen LogP contribution in [0.4, 0.5) is 4.79 Å². The van der Waals surface area contributed by atoms with Crippen LogP contribution in [-0.2, 0) is 0 Å². The molecule has 4 nitrogen and oxygen atoms in total. The molecule has 2 rings (SSSR count). The summed E-state index contributed by atoms with van der Waals surface area (Å²) in [6, 6.07) is 0.242. The Balaban J connectivity index is 2.01. The zero-order valence-electron chi connectivity index (χ0n) is 10.5. The summed E-state index contributed by atoms with van der Waals surface area (Å²) in [7, 11) is 0. The van der Waals surface area contributed by atoms with Crippen molar-refractivity contribution in [3.63, 3.8) is 0 Å². The Hall–Kier alpha value is -0.770. The fourth-order valence-corrected chi connectivity index (χ4v) is 2.59. The van der Waals surface area contributed by atoms with Crippen LogP contribution in [0, 0.1) is 0 Å². The molecule has 92 valence electrons. The van der Waals surface area contributed by atoms with Crippen LogP contribution in [0.1, 0.15) is 33.1 Å². The van der Waals surface area contributed by atoms with E-state index in [1.54, 1.807) is 0 Å². The summed E-state index contributed by atoms with van der Waals surface area (Å²) in [6.07, 6.45) is 3.60. The lowest BCUT2D eigenvalue weighted by molar-refractivity contribution is 0.0801. The number of likely N-dealkylation sites (tertiary alicyclic amines) is 1. The second-order valence-corrected chi connectivity index (χ2v) is 5.47. The lowest BCUT2D eigenvalue weighted by Crippen LogP contribution is -2.62. The van der Waals surface area contributed by atoms with Crippen molar-refractivity contribution in [1.82, 2.24) is 15.1 Å². The van der Waals surface area contributed by atoms with Gasteiger partial charge in [-0.25, -0.2) is 4.79 Å². The van der Waals surface area contributed by atoms with Crippen molar-refractivity contribution in [2.24, 2.45) is 0 Å². The zero-order chi connectivity index (χ0) is 11.6. The number of hydrogen-bond acceptors (Lipinski definition) is 2. The molecule has 2 fully saturated rings. The zero-order valence-corrected chi connectivity index (χ0v) is 10.5. The van der Waals surface area contributed by atoms with Gasteiger partial charge >= 0.3 is 6.03 Å². The molecular formula is C12H23N3O. The predicted octanol–water partition coefficient (Wildman–Crippen LogP) is 1.28. The fraction of sp³-hybridized carbons (Fsp3) is 0.917. The molecule has 2 heterocycles. The highest BCUT2D eigenvalue weighted by Gasteiger charge is 2.35. The van der Waals surface area contributed by atoms with Gasteiger partial charge in [0.15, 0.2) is 0 Å². The highest BCUT2D eigenvalue weighted by molar-refractivity contribution is 5.75. The van der Waals surface area contributed by atoms with Crippen LogP contribution >= 0.6 is 0 Å². The van der Waals surface area contributed by atoms with E-state index in [2.05, 4.69) is 19.2 Å². The quantitative estimate of drug-likeness (QED) is 0.674. The van der Waals surface area contributed by atoms with Crippen LogP contribution in [0.2, 0.25) is 0 Å². The molecule has 0 aliphatic carbocycles. The topological polar surface area (TPSA) is 35.6 Å². The number of piperidine rings is 1. The average Bonchev–Trinajstić information content (AvgIpc) is 2.29. The molecule has 0 aromatic carbocycles. The van der Waals surface area contributed by atoms with Crippen LogP contribution in [0.5, 0.6) is 0 Å². The van der Waals surface area contributed by atoms with Gasteiger partial charge in [0.2, 0.25) is 0 Å². The Morgan fingerprint density at radius 3 is 2.44 bits per heavy atom. The number of hydrogen-bond donors (Lipinski definition) is 1. The molecule has 2 aliphatic heterocycles. The van der Waals surface area contributed by atoms with Gasteiger partial charge in [0.25, 0.3) is 0 Å². The van der Waals surface area contributed by atoms with E-state index in [9.17, 15) is 4.79 Å². The van der Waals surface area contributed by atoms with Crippen LogP contribution in [0.15, 0.2) is 0 Å². The van der Waals surface area contributed by atoms with E-state index < -0.39 is 0 Å². The number of nitrogens with zero attached hydrogens (tertiary/aromatic N) is 2. The smallest absolute Gasteiger partial charge is 0.320 e. The molecule has 2 amide bonds. The van der Waals surface area contributed by atoms with E-state index in [4.69, 9.17) is 0 Å². The third-order valence-corrected chi connectivity index (χ3v) is 3.66. The summed E-state index contributed by atoms with van der Waals surface area (Å²) in [5, 5.41) is 3.35. The van der Waals surface area contributed by atoms with Crippen molar-refractivity contribution in [3.05, 3.63) is 0 Å². The normalized spacial score (nSPS) is 25.6. The first-order valence-electron chi connectivity index (χ1n) is 6.38. The number of rotatable bonds is 0. The first-order chi connectivity index (χ1) is 7.61. The minimum Gasteiger partial charge on any atom is -0.325 e. The largest absolute Gasteiger partial charge is 0.325 e. The van der Waals surface area contributed by atoms with Gasteiger partial charge in [-0.3, -0.25) is 0 Å². The van der Waals surface area contributed by atoms with Crippen molar-refractivity contribution in [2.75, 3.05) is 32.7 Å². The van der Waals surface area contributed by atoms with Crippen LogP contribution < -0.4 is 5.32 Å². The van der Waals surface area contributed by atoms with Gasteiger partial charge in [0.1, 0.15) is 0 Å². The van der Waals surface area contributed by atoms with E-state index in [1.165, 1.54) is 6.42 Å². The molecule has 0 aromatic rings. The Bertz CT molecular complexity index is 259. The van der Waals surface area contributed by atoms with Crippen molar-refractivity contribution in [2.45, 2.75) is 38.6 Å². The Labute approximate surface area is 98.0 Å². The first-order valence-corrected chi connectivity index (χ1v) is 6.38. The van der Waals surface area contributed by atoms with Gasteiger partial charge in [0.05, 0.1) is 5.54 Å². The molecule has 0 saturated carbocycles. The Morgan fingerprint density at radius 1 is 1.12 bits per heavy atom. The highest BCUT2D eigenvalue weighted by atomic mass is 16.2. The number of urea groups is 1. The van der Waals surface area contributed by atoms with E-state index in [0.717, 1.165) is 45.6 Å². The van der Waals surface area contributed by atoms with Crippen molar-refractivity contribution in [1.29, 1.82) is 0 Å². The molecule has 0 atom stereocenters. The summed E-state index contributed by atoms with van der Waals surface area (Å²) in [5.74, 6) is 0. The van der Waals surface area contributed by atoms with E-state index in [1.807, 2.05) is 9.80 Å². The van der Waals surface area contributed by atoms with Crippen molar-refractivity contribution in [3.8, 4) is 0 Å². The number of nitrogens with one attached hydrogen (secondary N) is 1. The third-order valence-electron chi connectivity index (χ3n) is 3.66. The summed E-state index contributed by atoms with van der Waals surface area (Å²) < 4.78 is 0. The van der Waals surface area contributed by atoms with Gasteiger partial charge in [-0.1, -0.05) is 0 Å². The molecule has 0 bridgehead atoms. The highest BCUT2D eigenvalue weighted by Crippen LogP contribution is 2.20. The fourth-order valence-electron chi connectivity index (χ4n) is 2.59. The first kappa shape index (κ1) is 11.7. The molecule has 4 heteroatoms. The molecule has 2 aliphatic rings. The average molecular weight is 225 g/mol. The molecule has 2 saturated heterocycles. The van der Waals surface area contributed by atoms with Gasteiger partial charge in [-0.2, -0.15) is 0 Å². The maximum absolute atomic E-state index is 12.4. The van der Waals surface area contributed by atoms with Gasteiger partial charge in [-0.15, -0.1) is 0 Å². The molecule has 0 radical (unpaired) electrons. The second-order valence-electron chi connectivity index (χ2n) is 5.47. The van der Waals surface area contributed by atoms with E-state index in [0.29, 0.717) is 0 Å². The molecule has 0 unspecified atom stereocenters. The third kappa shape index (κ3) is 2.32. The molecule has 0 aromatic heterocycles. The van der Waals surface area contributed by atoms with Crippen LogP contribution in [0.25, 0.3) is 0 Å². The number of amides is 2. The summed E-state index contributed by atoms with van der Waals surface area (Å²) in [6.45, 7) is 8.82. The standard InChI is InChI=1S/C12H23N3O/c1-12(2)10-13-6-9-15(12)11(16)14-7-4-3-5-8-14/h13H,3-10H2,1-2H3. The van der Waals surface area contributed by atoms with E-state index in [-0.39, 0.29) is 11.6 Å². The maximum atomic E-state index is 12.4. The second kappa shape index (κ2) is 4.62.